The van der Waals surface area contributed by atoms with Crippen molar-refractivity contribution in [3.8, 4) is 0 Å². The van der Waals surface area contributed by atoms with Crippen molar-refractivity contribution >= 4 is 5.69 Å². The predicted molar refractivity (Wildman–Crippen MR) is 73.3 cm³/mol. The van der Waals surface area contributed by atoms with Crippen LogP contribution in [-0.4, -0.2) is 13.1 Å². The lowest BCUT2D eigenvalue weighted by atomic mass is 9.87. The minimum atomic E-state index is -0.0360. The molecular weight excluding hydrogens is 225 g/mol. The fraction of sp³-hybridized carbons (Fsp3) is 0.625. The summed E-state index contributed by atoms with van der Waals surface area (Å²) < 4.78 is 14.1. The number of hydrogen-bond acceptors (Lipinski definition) is 1. The Bertz CT molecular complexity index is 462. The molecule has 1 nitrogen and oxygen atoms in total. The summed E-state index contributed by atoms with van der Waals surface area (Å²) in [5.41, 5.74) is 1.96. The van der Waals surface area contributed by atoms with E-state index in [0.717, 1.165) is 42.1 Å². The van der Waals surface area contributed by atoms with Gasteiger partial charge in [0.25, 0.3) is 0 Å². The van der Waals surface area contributed by atoms with Crippen LogP contribution in [0.2, 0.25) is 0 Å². The molecule has 2 aliphatic rings. The second-order valence-electron chi connectivity index (χ2n) is 7.03. The molecule has 1 heterocycles. The van der Waals surface area contributed by atoms with E-state index in [1.54, 1.807) is 0 Å². The van der Waals surface area contributed by atoms with E-state index >= 15 is 0 Å². The molecule has 1 saturated carbocycles. The average Bonchev–Trinajstić information content (AvgIpc) is 2.81. The Hall–Kier alpha value is -1.05. The van der Waals surface area contributed by atoms with E-state index in [-0.39, 0.29) is 5.82 Å². The zero-order chi connectivity index (χ0) is 13.1. The molecule has 2 unspecified atom stereocenters. The van der Waals surface area contributed by atoms with Crippen LogP contribution in [0.3, 0.4) is 0 Å². The second kappa shape index (κ2) is 3.72. The highest BCUT2D eigenvalue weighted by molar-refractivity contribution is 5.52. The molecule has 0 N–H and O–H groups in total. The molecule has 2 heteroatoms. The van der Waals surface area contributed by atoms with Crippen LogP contribution in [0.5, 0.6) is 0 Å². The first kappa shape index (κ1) is 12.0. The first-order chi connectivity index (χ1) is 8.39. The predicted octanol–water partition coefficient (Wildman–Crippen LogP) is 3.86. The quantitative estimate of drug-likeness (QED) is 0.728. The number of hydrogen-bond donors (Lipinski definition) is 0. The molecule has 0 amide bonds. The third kappa shape index (κ3) is 1.73. The van der Waals surface area contributed by atoms with Gasteiger partial charge in [-0.2, -0.15) is 0 Å². The molecule has 2 fully saturated rings. The van der Waals surface area contributed by atoms with Crippen LogP contribution in [0.1, 0.15) is 26.3 Å². The monoisotopic (exact) mass is 247 g/mol. The lowest BCUT2D eigenvalue weighted by Crippen LogP contribution is -2.28. The summed E-state index contributed by atoms with van der Waals surface area (Å²) in [7, 11) is 0. The molecule has 2 atom stereocenters. The van der Waals surface area contributed by atoms with Gasteiger partial charge >= 0.3 is 0 Å². The third-order valence-electron chi connectivity index (χ3n) is 4.71. The first-order valence-electron chi connectivity index (χ1n) is 6.89. The zero-order valence-corrected chi connectivity index (χ0v) is 11.7. The second-order valence-corrected chi connectivity index (χ2v) is 7.03. The first-order valence-corrected chi connectivity index (χ1v) is 6.89. The molecule has 0 spiro atoms. The summed E-state index contributed by atoms with van der Waals surface area (Å²) in [6.45, 7) is 10.9. The lowest BCUT2D eigenvalue weighted by molar-refractivity contribution is 0.309. The van der Waals surface area contributed by atoms with E-state index in [1.807, 2.05) is 25.1 Å². The van der Waals surface area contributed by atoms with E-state index in [2.05, 4.69) is 25.7 Å². The molecule has 1 aliphatic heterocycles. The molecule has 0 radical (unpaired) electrons. The molecule has 98 valence electrons. The van der Waals surface area contributed by atoms with Gasteiger partial charge in [-0.1, -0.05) is 32.9 Å². The zero-order valence-electron chi connectivity index (χ0n) is 11.7. The number of anilines is 1. The molecule has 3 rings (SSSR count). The number of nitrogens with zero attached hydrogens (tertiary/aromatic N) is 1. The maximum atomic E-state index is 14.1. The highest BCUT2D eigenvalue weighted by Crippen LogP contribution is 2.60. The SMILES string of the molecule is Cc1cccc(N2CC3C(C2)C3C(C)(C)C)c1F. The van der Waals surface area contributed by atoms with Crippen LogP contribution in [0.15, 0.2) is 18.2 Å². The van der Waals surface area contributed by atoms with Gasteiger partial charge in [0.15, 0.2) is 0 Å². The number of rotatable bonds is 1. The average molecular weight is 247 g/mol. The van der Waals surface area contributed by atoms with Crippen LogP contribution in [0.4, 0.5) is 10.1 Å². The summed E-state index contributed by atoms with van der Waals surface area (Å²) in [6, 6.07) is 5.71. The smallest absolute Gasteiger partial charge is 0.149 e. The summed E-state index contributed by atoms with van der Waals surface area (Å²) in [5, 5.41) is 0. The number of aryl methyl sites for hydroxylation is 1. The molecule has 1 aliphatic carbocycles. The van der Waals surface area contributed by atoms with Crippen LogP contribution in [0.25, 0.3) is 0 Å². The Morgan fingerprint density at radius 2 is 1.78 bits per heavy atom. The Balaban J connectivity index is 1.75. The van der Waals surface area contributed by atoms with Gasteiger partial charge < -0.3 is 4.90 Å². The minimum absolute atomic E-state index is 0.0360. The normalized spacial score (nSPS) is 30.5. The van der Waals surface area contributed by atoms with Crippen molar-refractivity contribution in [2.45, 2.75) is 27.7 Å². The Kier molecular flexibility index (Phi) is 2.48. The van der Waals surface area contributed by atoms with E-state index in [1.165, 1.54) is 0 Å². The summed E-state index contributed by atoms with van der Waals surface area (Å²) in [4.78, 5) is 2.24. The van der Waals surface area contributed by atoms with Crippen molar-refractivity contribution in [1.29, 1.82) is 0 Å². The molecule has 1 saturated heterocycles. The van der Waals surface area contributed by atoms with Crippen LogP contribution >= 0.6 is 0 Å². The maximum Gasteiger partial charge on any atom is 0.149 e. The Morgan fingerprint density at radius 3 is 2.33 bits per heavy atom. The standard InChI is InChI=1S/C16H22FN/c1-10-6-5-7-13(15(10)17)18-8-11-12(9-18)14(11)16(2,3)4/h5-7,11-12,14H,8-9H2,1-4H3. The number of benzene rings is 1. The van der Waals surface area contributed by atoms with Crippen LogP contribution in [0, 0.1) is 35.9 Å². The van der Waals surface area contributed by atoms with Crippen molar-refractivity contribution in [3.05, 3.63) is 29.6 Å². The molecular formula is C16H22FN. The third-order valence-corrected chi connectivity index (χ3v) is 4.71. The fourth-order valence-electron chi connectivity index (χ4n) is 3.88. The van der Waals surface area contributed by atoms with Crippen LogP contribution in [-0.2, 0) is 0 Å². The largest absolute Gasteiger partial charge is 0.369 e. The lowest BCUT2D eigenvalue weighted by Gasteiger charge is -2.27. The van der Waals surface area contributed by atoms with Gasteiger partial charge in [-0.3, -0.25) is 0 Å². The fourth-order valence-corrected chi connectivity index (χ4v) is 3.88. The van der Waals surface area contributed by atoms with Gasteiger partial charge in [0.1, 0.15) is 5.82 Å². The summed E-state index contributed by atoms with van der Waals surface area (Å²) >= 11 is 0. The van der Waals surface area contributed by atoms with Gasteiger partial charge in [-0.05, 0) is 41.7 Å². The summed E-state index contributed by atoms with van der Waals surface area (Å²) in [6.07, 6.45) is 0. The number of piperidine rings is 1. The van der Waals surface area contributed by atoms with E-state index in [0.29, 0.717) is 5.41 Å². The molecule has 0 aromatic heterocycles. The van der Waals surface area contributed by atoms with Gasteiger partial charge in [0, 0.05) is 13.1 Å². The van der Waals surface area contributed by atoms with Crippen molar-refractivity contribution in [2.75, 3.05) is 18.0 Å². The van der Waals surface area contributed by atoms with Crippen molar-refractivity contribution in [1.82, 2.24) is 0 Å². The number of halogens is 1. The van der Waals surface area contributed by atoms with E-state index in [9.17, 15) is 4.39 Å². The molecule has 1 aromatic rings. The minimum Gasteiger partial charge on any atom is -0.369 e. The molecule has 0 bridgehead atoms. The number of fused-ring (bicyclic) bond motifs is 1. The van der Waals surface area contributed by atoms with Crippen molar-refractivity contribution in [2.24, 2.45) is 23.2 Å². The Morgan fingerprint density at radius 1 is 1.17 bits per heavy atom. The van der Waals surface area contributed by atoms with Crippen molar-refractivity contribution in [3.63, 3.8) is 0 Å². The van der Waals surface area contributed by atoms with E-state index < -0.39 is 0 Å². The molecule has 18 heavy (non-hydrogen) atoms. The van der Waals surface area contributed by atoms with Gasteiger partial charge in [0.05, 0.1) is 5.69 Å². The summed E-state index contributed by atoms with van der Waals surface area (Å²) in [5.74, 6) is 2.36. The highest BCUT2D eigenvalue weighted by Gasteiger charge is 2.59. The van der Waals surface area contributed by atoms with Crippen molar-refractivity contribution < 1.29 is 4.39 Å². The van der Waals surface area contributed by atoms with Crippen LogP contribution < -0.4 is 4.90 Å². The maximum absolute atomic E-state index is 14.1. The Labute approximate surface area is 109 Å². The topological polar surface area (TPSA) is 3.24 Å². The van der Waals surface area contributed by atoms with Gasteiger partial charge in [-0.25, -0.2) is 4.39 Å². The van der Waals surface area contributed by atoms with Gasteiger partial charge in [-0.15, -0.1) is 0 Å². The van der Waals surface area contributed by atoms with E-state index in [4.69, 9.17) is 0 Å². The highest BCUT2D eigenvalue weighted by atomic mass is 19.1. The molecule has 1 aromatic carbocycles. The van der Waals surface area contributed by atoms with Gasteiger partial charge in [0.2, 0.25) is 0 Å².